The molecule has 2 unspecified atom stereocenters. The number of nitrogens with zero attached hydrogens (tertiary/aromatic N) is 1. The molecule has 0 radical (unpaired) electrons. The predicted molar refractivity (Wildman–Crippen MR) is 61.9 cm³/mol. The van der Waals surface area contributed by atoms with Crippen molar-refractivity contribution in [3.05, 3.63) is 34.1 Å². The van der Waals surface area contributed by atoms with Crippen molar-refractivity contribution < 1.29 is 19.2 Å². The van der Waals surface area contributed by atoms with Crippen molar-refractivity contribution in [1.29, 1.82) is 0 Å². The van der Waals surface area contributed by atoms with Crippen molar-refractivity contribution in [2.75, 3.05) is 0 Å². The number of halogens is 1. The zero-order chi connectivity index (χ0) is 13.5. The van der Waals surface area contributed by atoms with Crippen molar-refractivity contribution in [2.24, 2.45) is 5.41 Å². The van der Waals surface area contributed by atoms with Gasteiger partial charge >= 0.3 is 5.69 Å². The zero-order valence-electron chi connectivity index (χ0n) is 10.1. The molecule has 1 aromatic rings. The fraction of sp³-hybridized carbons (Fsp3) is 0.500. The Hall–Kier alpha value is -1.69. The van der Waals surface area contributed by atoms with Gasteiger partial charge in [-0.25, -0.2) is 4.39 Å². The Balaban J connectivity index is 2.23. The summed E-state index contributed by atoms with van der Waals surface area (Å²) in [6.45, 7) is 3.64. The Bertz CT molecular complexity index is 489. The molecule has 0 bridgehead atoms. The van der Waals surface area contributed by atoms with Crippen LogP contribution in [0.25, 0.3) is 0 Å². The summed E-state index contributed by atoms with van der Waals surface area (Å²) in [4.78, 5) is 10.1. The van der Waals surface area contributed by atoms with E-state index in [4.69, 9.17) is 4.74 Å². The molecule has 2 atom stereocenters. The van der Waals surface area contributed by atoms with Gasteiger partial charge in [0.25, 0.3) is 0 Å². The molecule has 5 nitrogen and oxygen atoms in total. The van der Waals surface area contributed by atoms with Gasteiger partial charge in [0.1, 0.15) is 11.9 Å². The molecule has 18 heavy (non-hydrogen) atoms. The minimum absolute atomic E-state index is 0.0337. The Morgan fingerprint density at radius 1 is 1.56 bits per heavy atom. The van der Waals surface area contributed by atoms with E-state index in [1.54, 1.807) is 0 Å². The summed E-state index contributed by atoms with van der Waals surface area (Å²) < 4.78 is 18.5. The minimum Gasteiger partial charge on any atom is -0.483 e. The average Bonchev–Trinajstić information content (AvgIpc) is 2.30. The van der Waals surface area contributed by atoms with E-state index in [0.29, 0.717) is 6.42 Å². The third-order valence-electron chi connectivity index (χ3n) is 3.51. The molecule has 0 saturated heterocycles. The first-order valence-electron chi connectivity index (χ1n) is 5.61. The molecule has 1 aliphatic rings. The Morgan fingerprint density at radius 3 is 2.72 bits per heavy atom. The van der Waals surface area contributed by atoms with Crippen LogP contribution < -0.4 is 4.74 Å². The highest BCUT2D eigenvalue weighted by atomic mass is 19.1. The second kappa shape index (κ2) is 4.20. The number of ether oxygens (including phenoxy) is 1. The number of benzene rings is 1. The lowest BCUT2D eigenvalue weighted by Crippen LogP contribution is -2.56. The van der Waals surface area contributed by atoms with E-state index in [2.05, 4.69) is 0 Å². The summed E-state index contributed by atoms with van der Waals surface area (Å²) in [7, 11) is 0. The monoisotopic (exact) mass is 255 g/mol. The lowest BCUT2D eigenvalue weighted by molar-refractivity contribution is -0.386. The summed E-state index contributed by atoms with van der Waals surface area (Å²) in [5.41, 5.74) is -0.852. The normalized spacial score (nSPS) is 25.3. The first-order chi connectivity index (χ1) is 8.32. The van der Waals surface area contributed by atoms with Gasteiger partial charge < -0.3 is 9.84 Å². The van der Waals surface area contributed by atoms with Gasteiger partial charge in [0.05, 0.1) is 17.1 Å². The van der Waals surface area contributed by atoms with Gasteiger partial charge in [-0.05, 0) is 12.1 Å². The van der Waals surface area contributed by atoms with Crippen LogP contribution in [0, 0.1) is 21.3 Å². The summed E-state index contributed by atoms with van der Waals surface area (Å²) in [6.07, 6.45) is -0.375. The van der Waals surface area contributed by atoms with E-state index >= 15 is 0 Å². The van der Waals surface area contributed by atoms with Gasteiger partial charge in [-0.15, -0.1) is 0 Å². The molecule has 1 N–H and O–H groups in total. The topological polar surface area (TPSA) is 72.6 Å². The maximum absolute atomic E-state index is 13.0. The minimum atomic E-state index is -0.680. The van der Waals surface area contributed by atoms with Crippen LogP contribution in [0.4, 0.5) is 10.1 Å². The van der Waals surface area contributed by atoms with Crippen molar-refractivity contribution in [3.63, 3.8) is 0 Å². The summed E-state index contributed by atoms with van der Waals surface area (Å²) >= 11 is 0. The molecule has 6 heteroatoms. The van der Waals surface area contributed by atoms with Gasteiger partial charge in [0.2, 0.25) is 0 Å². The van der Waals surface area contributed by atoms with Crippen LogP contribution in [-0.2, 0) is 0 Å². The van der Waals surface area contributed by atoms with Crippen LogP contribution in [0.15, 0.2) is 18.2 Å². The van der Waals surface area contributed by atoms with Crippen molar-refractivity contribution in [3.8, 4) is 5.75 Å². The molecule has 1 aliphatic carbocycles. The van der Waals surface area contributed by atoms with Crippen molar-refractivity contribution in [2.45, 2.75) is 32.5 Å². The molecule has 0 aromatic heterocycles. The number of nitro benzene ring substituents is 1. The van der Waals surface area contributed by atoms with Crippen LogP contribution in [0.5, 0.6) is 5.75 Å². The number of rotatable bonds is 3. The average molecular weight is 255 g/mol. The molecular weight excluding hydrogens is 241 g/mol. The predicted octanol–water partition coefficient (Wildman–Crippen LogP) is 2.27. The van der Waals surface area contributed by atoms with E-state index < -0.39 is 27.9 Å². The molecular formula is C12H14FNO4. The lowest BCUT2D eigenvalue weighted by Gasteiger charge is -2.48. The van der Waals surface area contributed by atoms with Gasteiger partial charge in [0, 0.05) is 11.8 Å². The molecule has 0 aliphatic heterocycles. The quantitative estimate of drug-likeness (QED) is 0.664. The van der Waals surface area contributed by atoms with E-state index in [1.807, 2.05) is 13.8 Å². The standard InChI is InChI=1S/C12H14FNO4/c1-12(2)10(15)6-11(12)18-9-4-3-7(13)5-8(9)14(16)17/h3-5,10-11,15H,6H2,1-2H3. The third kappa shape index (κ3) is 2.03. The summed E-state index contributed by atoms with van der Waals surface area (Å²) in [5, 5.41) is 20.4. The molecule has 1 aromatic carbocycles. The highest BCUT2D eigenvalue weighted by Crippen LogP contribution is 2.44. The molecule has 1 saturated carbocycles. The van der Waals surface area contributed by atoms with Crippen LogP contribution in [0.1, 0.15) is 20.3 Å². The smallest absolute Gasteiger partial charge is 0.313 e. The van der Waals surface area contributed by atoms with E-state index in [-0.39, 0.29) is 11.9 Å². The highest BCUT2D eigenvalue weighted by Gasteiger charge is 2.49. The molecule has 0 spiro atoms. The van der Waals surface area contributed by atoms with Crippen LogP contribution in [-0.4, -0.2) is 22.2 Å². The van der Waals surface area contributed by atoms with Gasteiger partial charge in [-0.1, -0.05) is 13.8 Å². The molecule has 0 amide bonds. The number of hydrogen-bond acceptors (Lipinski definition) is 4. The summed E-state index contributed by atoms with van der Waals surface area (Å²) in [5.74, 6) is -0.645. The second-order valence-corrected chi connectivity index (χ2v) is 5.05. The maximum Gasteiger partial charge on any atom is 0.313 e. The fourth-order valence-electron chi connectivity index (χ4n) is 1.95. The van der Waals surface area contributed by atoms with Gasteiger partial charge in [-0.3, -0.25) is 10.1 Å². The molecule has 1 fully saturated rings. The number of hydrogen-bond donors (Lipinski definition) is 1. The first-order valence-corrected chi connectivity index (χ1v) is 5.61. The Labute approximate surface area is 103 Å². The molecule has 0 heterocycles. The van der Waals surface area contributed by atoms with Crippen LogP contribution in [0.2, 0.25) is 0 Å². The fourth-order valence-corrected chi connectivity index (χ4v) is 1.95. The number of aliphatic hydroxyl groups is 1. The molecule has 98 valence electrons. The third-order valence-corrected chi connectivity index (χ3v) is 3.51. The lowest BCUT2D eigenvalue weighted by atomic mass is 9.66. The van der Waals surface area contributed by atoms with Gasteiger partial charge in [0.15, 0.2) is 5.75 Å². The number of aliphatic hydroxyl groups excluding tert-OH is 1. The first kappa shape index (κ1) is 12.8. The van der Waals surface area contributed by atoms with Crippen LogP contribution >= 0.6 is 0 Å². The Morgan fingerprint density at radius 2 is 2.22 bits per heavy atom. The van der Waals surface area contributed by atoms with E-state index in [0.717, 1.165) is 12.1 Å². The second-order valence-electron chi connectivity index (χ2n) is 5.05. The largest absolute Gasteiger partial charge is 0.483 e. The van der Waals surface area contributed by atoms with Gasteiger partial charge in [-0.2, -0.15) is 0 Å². The maximum atomic E-state index is 13.0. The van der Waals surface area contributed by atoms with Crippen molar-refractivity contribution >= 4 is 5.69 Å². The SMILES string of the molecule is CC1(C)C(O)CC1Oc1ccc(F)cc1[N+](=O)[O-]. The Kier molecular flexibility index (Phi) is 2.98. The summed E-state index contributed by atoms with van der Waals surface area (Å²) in [6, 6.07) is 3.19. The van der Waals surface area contributed by atoms with Crippen LogP contribution in [0.3, 0.4) is 0 Å². The highest BCUT2D eigenvalue weighted by molar-refractivity contribution is 5.46. The molecule has 2 rings (SSSR count). The van der Waals surface area contributed by atoms with Crippen molar-refractivity contribution in [1.82, 2.24) is 0 Å². The van der Waals surface area contributed by atoms with E-state index in [9.17, 15) is 19.6 Å². The zero-order valence-corrected chi connectivity index (χ0v) is 10.1. The number of nitro groups is 1. The van der Waals surface area contributed by atoms with E-state index in [1.165, 1.54) is 6.07 Å².